The summed E-state index contributed by atoms with van der Waals surface area (Å²) < 4.78 is 4.49. The van der Waals surface area contributed by atoms with E-state index in [0.717, 1.165) is 0 Å². The second-order valence-corrected chi connectivity index (χ2v) is 4.58. The van der Waals surface area contributed by atoms with Crippen LogP contribution in [-0.2, 0) is 14.3 Å². The lowest BCUT2D eigenvalue weighted by Crippen LogP contribution is -2.25. The summed E-state index contributed by atoms with van der Waals surface area (Å²) >= 11 is 0. The van der Waals surface area contributed by atoms with Gasteiger partial charge in [0, 0.05) is 12.8 Å². The van der Waals surface area contributed by atoms with Crippen LogP contribution in [0.1, 0.15) is 33.1 Å². The number of hydrogen-bond donors (Lipinski definition) is 1. The van der Waals surface area contributed by atoms with Crippen LogP contribution in [0.5, 0.6) is 0 Å². The number of aliphatic carboxylic acids is 1. The molecule has 0 radical (unpaired) electrons. The van der Waals surface area contributed by atoms with Gasteiger partial charge < -0.3 is 9.84 Å². The molecule has 0 saturated heterocycles. The van der Waals surface area contributed by atoms with Gasteiger partial charge in [0.05, 0.1) is 18.7 Å². The molecule has 0 aliphatic heterocycles. The van der Waals surface area contributed by atoms with E-state index >= 15 is 0 Å². The topological polar surface area (TPSA) is 136 Å². The van der Waals surface area contributed by atoms with Crippen molar-refractivity contribution in [2.45, 2.75) is 44.2 Å². The van der Waals surface area contributed by atoms with Crippen molar-refractivity contribution >= 4 is 12.4 Å². The van der Waals surface area contributed by atoms with Gasteiger partial charge in [0.1, 0.15) is 0 Å². The fraction of sp³-hybridized carbons (Fsp3) is 0.667. The average Bonchev–Trinajstić information content (AvgIpc) is 2.43. The third-order valence-corrected chi connectivity index (χ3v) is 2.57. The van der Waals surface area contributed by atoms with Gasteiger partial charge in [-0.15, -0.1) is 0 Å². The van der Waals surface area contributed by atoms with Crippen molar-refractivity contribution in [2.75, 3.05) is 6.61 Å². The molecule has 0 fully saturated rings. The van der Waals surface area contributed by atoms with Gasteiger partial charge in [0.2, 0.25) is 0 Å². The van der Waals surface area contributed by atoms with Gasteiger partial charge in [-0.3, -0.25) is 9.59 Å². The Morgan fingerprint density at radius 1 is 1.25 bits per heavy atom. The van der Waals surface area contributed by atoms with Crippen LogP contribution in [0.2, 0.25) is 0 Å². The van der Waals surface area contributed by atoms with Crippen molar-refractivity contribution in [1.82, 2.24) is 0 Å². The summed E-state index contributed by atoms with van der Waals surface area (Å²) in [6.07, 6.45) is -0.0958. The summed E-state index contributed by atoms with van der Waals surface area (Å²) in [6.45, 7) is 3.20. The number of rotatable bonds is 9. The van der Waals surface area contributed by atoms with Crippen molar-refractivity contribution < 1.29 is 19.4 Å². The van der Waals surface area contributed by atoms with E-state index in [2.05, 4.69) is 15.0 Å². The van der Waals surface area contributed by atoms with E-state index in [1.807, 2.05) is 12.1 Å². The number of carboxylic acids is 1. The zero-order valence-electron chi connectivity index (χ0n) is 11.4. The van der Waals surface area contributed by atoms with Crippen molar-refractivity contribution in [3.63, 3.8) is 0 Å². The van der Waals surface area contributed by atoms with Crippen LogP contribution >= 0.6 is 0 Å². The third-order valence-electron chi connectivity index (χ3n) is 2.57. The molecule has 2 unspecified atom stereocenters. The maximum Gasteiger partial charge on any atom is 0.303 e. The van der Waals surface area contributed by atoms with Crippen LogP contribution in [0.3, 0.4) is 0 Å². The molecule has 0 amide bonds. The predicted octanol–water partition coefficient (Wildman–Crippen LogP) is 1.43. The Bertz CT molecular complexity index is 465. The highest BCUT2D eigenvalue weighted by molar-refractivity contribution is 5.66. The summed E-state index contributed by atoms with van der Waals surface area (Å²) in [5, 5.41) is 34.3. The number of hydrogen-bond acceptors (Lipinski definition) is 7. The first-order valence-corrected chi connectivity index (χ1v) is 5.84. The highest BCUT2D eigenvalue weighted by Crippen LogP contribution is 2.22. The maximum absolute atomic E-state index is 10.5. The minimum Gasteiger partial charge on any atom is -0.481 e. The Hall–Kier alpha value is -2.48. The number of ether oxygens (including phenoxy) is 1. The van der Waals surface area contributed by atoms with E-state index in [4.69, 9.17) is 15.6 Å². The molecular weight excluding hydrogens is 264 g/mol. The normalized spacial score (nSPS) is 16.4. The van der Waals surface area contributed by atoms with Gasteiger partial charge in [-0.05, 0) is 20.3 Å². The lowest BCUT2D eigenvalue weighted by Gasteiger charge is -2.18. The van der Waals surface area contributed by atoms with Gasteiger partial charge in [0.15, 0.2) is 11.1 Å². The molecule has 0 aromatic heterocycles. The fourth-order valence-corrected chi connectivity index (χ4v) is 1.13. The molecule has 20 heavy (non-hydrogen) atoms. The highest BCUT2D eigenvalue weighted by atomic mass is 16.5. The summed E-state index contributed by atoms with van der Waals surface area (Å²) in [6, 6.07) is 3.79. The quantitative estimate of drug-likeness (QED) is 0.385. The Morgan fingerprint density at radius 2 is 1.75 bits per heavy atom. The molecule has 0 spiro atoms. The molecule has 0 bridgehead atoms. The summed E-state index contributed by atoms with van der Waals surface area (Å²) in [5.41, 5.74) is -2.54. The number of carbonyl (C=O) groups excluding carboxylic acids is 1. The minimum absolute atomic E-state index is 0.00493. The van der Waals surface area contributed by atoms with Gasteiger partial charge >= 0.3 is 5.97 Å². The first-order valence-electron chi connectivity index (χ1n) is 5.84. The second kappa shape index (κ2) is 7.85. The molecule has 2 atom stereocenters. The van der Waals surface area contributed by atoms with Gasteiger partial charge in [-0.2, -0.15) is 20.8 Å². The van der Waals surface area contributed by atoms with E-state index in [1.54, 1.807) is 0 Å². The van der Waals surface area contributed by atoms with Crippen LogP contribution in [0.25, 0.3) is 0 Å². The largest absolute Gasteiger partial charge is 0.481 e. The van der Waals surface area contributed by atoms with E-state index in [-0.39, 0.29) is 32.3 Å². The summed E-state index contributed by atoms with van der Waals surface area (Å²) in [5.74, 6) is -1.04. The Kier molecular flexibility index (Phi) is 6.87. The van der Waals surface area contributed by atoms with E-state index in [0.29, 0.717) is 0 Å². The van der Waals surface area contributed by atoms with Crippen molar-refractivity contribution in [3.8, 4) is 12.1 Å². The Balaban J connectivity index is 4.83. The first kappa shape index (κ1) is 17.5. The van der Waals surface area contributed by atoms with E-state index < -0.39 is 17.0 Å². The second-order valence-electron chi connectivity index (χ2n) is 4.58. The molecule has 0 aromatic rings. The highest BCUT2D eigenvalue weighted by Gasteiger charge is 2.28. The van der Waals surface area contributed by atoms with Crippen LogP contribution in [0, 0.1) is 22.7 Å². The molecule has 0 rings (SSSR count). The third kappa shape index (κ3) is 6.45. The monoisotopic (exact) mass is 280 g/mol. The molecule has 0 aliphatic rings. The molecule has 0 aromatic carbocycles. The molecular formula is C12H16N4O4. The average molecular weight is 280 g/mol. The van der Waals surface area contributed by atoms with Gasteiger partial charge in [-0.25, -0.2) is 0 Å². The zero-order chi connectivity index (χ0) is 15.6. The number of carboxylic acid groups (broad SMARTS) is 1. The van der Waals surface area contributed by atoms with Crippen LogP contribution < -0.4 is 0 Å². The zero-order valence-corrected chi connectivity index (χ0v) is 11.4. The van der Waals surface area contributed by atoms with Crippen molar-refractivity contribution in [3.05, 3.63) is 0 Å². The van der Waals surface area contributed by atoms with Gasteiger partial charge in [-0.1, -0.05) is 0 Å². The van der Waals surface area contributed by atoms with E-state index in [1.165, 1.54) is 13.8 Å². The molecule has 108 valence electrons. The van der Waals surface area contributed by atoms with Crippen LogP contribution in [0.4, 0.5) is 0 Å². The number of nitrogens with zero attached hydrogens (tertiary/aromatic N) is 4. The smallest absolute Gasteiger partial charge is 0.303 e. The summed E-state index contributed by atoms with van der Waals surface area (Å²) in [7, 11) is 0. The lowest BCUT2D eigenvalue weighted by atomic mass is 9.98. The minimum atomic E-state index is -1.30. The molecule has 0 heterocycles. The van der Waals surface area contributed by atoms with Crippen LogP contribution in [-0.4, -0.2) is 35.2 Å². The van der Waals surface area contributed by atoms with E-state index in [9.17, 15) is 9.59 Å². The SMILES string of the molecule is CC(C#N)(CCOC=O)N=NC(C)(C#N)CCC(=O)O. The molecule has 0 saturated carbocycles. The Labute approximate surface area is 116 Å². The van der Waals surface area contributed by atoms with Gasteiger partial charge in [0.25, 0.3) is 6.47 Å². The lowest BCUT2D eigenvalue weighted by molar-refractivity contribution is -0.137. The molecule has 0 aliphatic carbocycles. The predicted molar refractivity (Wildman–Crippen MR) is 66.4 cm³/mol. The number of carbonyl (C=O) groups is 2. The molecule has 8 heteroatoms. The fourth-order valence-electron chi connectivity index (χ4n) is 1.13. The van der Waals surface area contributed by atoms with Crippen molar-refractivity contribution in [2.24, 2.45) is 10.2 Å². The maximum atomic E-state index is 10.5. The van der Waals surface area contributed by atoms with Crippen molar-refractivity contribution in [1.29, 1.82) is 10.5 Å². The first-order chi connectivity index (χ1) is 9.31. The molecule has 1 N–H and O–H groups in total. The standard InChI is InChI=1S/C12H16N4O4/c1-11(7-13,4-3-10(18)19)15-16-12(2,8-14)5-6-20-9-17/h9H,3-6H2,1-2H3,(H,18,19). The number of nitriles is 2. The summed E-state index contributed by atoms with van der Waals surface area (Å²) in [4.78, 5) is 20.5. The van der Waals surface area contributed by atoms with Crippen LogP contribution in [0.15, 0.2) is 10.2 Å². The molecule has 8 nitrogen and oxygen atoms in total. The Morgan fingerprint density at radius 3 is 2.15 bits per heavy atom. The number of azo groups is 1.